The van der Waals surface area contributed by atoms with Gasteiger partial charge in [0.25, 0.3) is 11.8 Å². The second-order valence-corrected chi connectivity index (χ2v) is 11.2. The Kier molecular flexibility index (Phi) is 5.81. The van der Waals surface area contributed by atoms with E-state index in [2.05, 4.69) is 0 Å². The van der Waals surface area contributed by atoms with E-state index in [-0.39, 0.29) is 36.1 Å². The first kappa shape index (κ1) is 25.6. The molecule has 6 atom stereocenters. The largest absolute Gasteiger partial charge is 0.463 e. The average Bonchev–Trinajstić information content (AvgIpc) is 3.57. The standard InChI is InChI=1S/C33H27NO7/c35-17-20-11-14-26(41-20)29-21-12-13-22-28(32(39)34(40)31(22)38)24(21)15-25-30(37)23(18-7-3-1-4-8-18)16-27(36)33(25,29)19-9-5-2-6-10-19/h1-12,14,16,22,24-25,28-29,35,40H,13,15,17H2/t22-,24+,25-,28-,29+,33-/m0/s1. The molecule has 0 radical (unpaired) electrons. The summed E-state index contributed by atoms with van der Waals surface area (Å²) in [5.74, 6) is -4.96. The van der Waals surface area contributed by atoms with E-state index in [1.807, 2.05) is 42.5 Å². The number of amides is 2. The van der Waals surface area contributed by atoms with Crippen molar-refractivity contribution in [3.8, 4) is 0 Å². The smallest absolute Gasteiger partial charge is 0.257 e. The maximum atomic E-state index is 14.7. The van der Waals surface area contributed by atoms with Gasteiger partial charge in [-0.25, -0.2) is 0 Å². The SMILES string of the molecule is O=C1C(c2ccccc2)=CC(=O)[C@@]2(c3ccccc3)[C@@H](c3ccc(CO)o3)C3=CC[C@@H]4C(=O)N(O)C(=O)[C@@H]4[C@@H]3C[C@@H]12. The van der Waals surface area contributed by atoms with Gasteiger partial charge in [0.2, 0.25) is 0 Å². The van der Waals surface area contributed by atoms with E-state index in [4.69, 9.17) is 4.42 Å². The fraction of sp³-hybridized carbons (Fsp3) is 0.273. The Morgan fingerprint density at radius 2 is 1.59 bits per heavy atom. The number of hydroxylamine groups is 2. The number of hydrogen-bond acceptors (Lipinski definition) is 7. The molecule has 1 aromatic heterocycles. The number of fused-ring (bicyclic) bond motifs is 4. The van der Waals surface area contributed by atoms with Crippen molar-refractivity contribution >= 4 is 29.0 Å². The van der Waals surface area contributed by atoms with Crippen LogP contribution in [0.5, 0.6) is 0 Å². The van der Waals surface area contributed by atoms with Crippen LogP contribution in [0.2, 0.25) is 0 Å². The molecule has 7 rings (SSSR count). The molecule has 206 valence electrons. The predicted molar refractivity (Wildman–Crippen MR) is 145 cm³/mol. The van der Waals surface area contributed by atoms with E-state index in [1.54, 1.807) is 36.4 Å². The van der Waals surface area contributed by atoms with Gasteiger partial charge in [0, 0.05) is 11.5 Å². The molecule has 1 aliphatic heterocycles. The number of carbonyl (C=O) groups excluding carboxylic acids is 4. The maximum Gasteiger partial charge on any atom is 0.257 e. The molecule has 2 fully saturated rings. The zero-order valence-electron chi connectivity index (χ0n) is 22.0. The fourth-order valence-electron chi connectivity index (χ4n) is 7.80. The highest BCUT2D eigenvalue weighted by Crippen LogP contribution is 2.63. The summed E-state index contributed by atoms with van der Waals surface area (Å²) in [6, 6.07) is 21.6. The monoisotopic (exact) mass is 549 g/mol. The molecule has 41 heavy (non-hydrogen) atoms. The summed E-state index contributed by atoms with van der Waals surface area (Å²) in [7, 11) is 0. The van der Waals surface area contributed by atoms with Crippen LogP contribution in [0.25, 0.3) is 5.57 Å². The number of aliphatic hydroxyl groups excluding tert-OH is 1. The predicted octanol–water partition coefficient (Wildman–Crippen LogP) is 3.99. The van der Waals surface area contributed by atoms with E-state index in [1.165, 1.54) is 6.08 Å². The zero-order valence-corrected chi connectivity index (χ0v) is 22.0. The highest BCUT2D eigenvalue weighted by molar-refractivity contribution is 6.31. The lowest BCUT2D eigenvalue weighted by atomic mass is 9.45. The van der Waals surface area contributed by atoms with Crippen LogP contribution in [0.1, 0.15) is 41.4 Å². The zero-order chi connectivity index (χ0) is 28.5. The summed E-state index contributed by atoms with van der Waals surface area (Å²) < 4.78 is 6.11. The van der Waals surface area contributed by atoms with Crippen molar-refractivity contribution in [3.63, 3.8) is 0 Å². The number of Topliss-reactive ketones (excluding diaryl/α,β-unsaturated/α-hetero) is 1. The van der Waals surface area contributed by atoms with Crippen LogP contribution >= 0.6 is 0 Å². The van der Waals surface area contributed by atoms with Crippen LogP contribution < -0.4 is 0 Å². The summed E-state index contributed by atoms with van der Waals surface area (Å²) in [4.78, 5) is 55.3. The summed E-state index contributed by atoms with van der Waals surface area (Å²) in [5, 5.41) is 20.3. The molecule has 2 N–H and O–H groups in total. The molecule has 1 saturated heterocycles. The van der Waals surface area contributed by atoms with Crippen molar-refractivity contribution in [1.29, 1.82) is 0 Å². The van der Waals surface area contributed by atoms with Crippen molar-refractivity contribution in [1.82, 2.24) is 5.06 Å². The molecule has 3 aliphatic carbocycles. The first-order valence-corrected chi connectivity index (χ1v) is 13.7. The van der Waals surface area contributed by atoms with Gasteiger partial charge in [-0.3, -0.25) is 24.4 Å². The van der Waals surface area contributed by atoms with Crippen LogP contribution in [0.4, 0.5) is 0 Å². The number of hydrogen-bond donors (Lipinski definition) is 2. The van der Waals surface area contributed by atoms with Crippen molar-refractivity contribution in [2.75, 3.05) is 0 Å². The number of ketones is 2. The topological polar surface area (TPSA) is 125 Å². The molecule has 2 amide bonds. The number of furan rings is 1. The fourth-order valence-corrected chi connectivity index (χ4v) is 7.80. The van der Waals surface area contributed by atoms with Gasteiger partial charge >= 0.3 is 0 Å². The Morgan fingerprint density at radius 3 is 2.27 bits per heavy atom. The Bertz CT molecular complexity index is 1650. The van der Waals surface area contributed by atoms with Gasteiger partial charge in [0.05, 0.1) is 23.2 Å². The van der Waals surface area contributed by atoms with Crippen LogP contribution in [0, 0.1) is 23.7 Å². The molecular weight excluding hydrogens is 522 g/mol. The molecule has 3 aromatic rings. The van der Waals surface area contributed by atoms with Crippen LogP contribution in [0.15, 0.2) is 94.9 Å². The Morgan fingerprint density at radius 1 is 0.878 bits per heavy atom. The van der Waals surface area contributed by atoms with Crippen LogP contribution in [-0.4, -0.2) is 38.8 Å². The number of allylic oxidation sites excluding steroid dienone is 4. The van der Waals surface area contributed by atoms with Gasteiger partial charge in [-0.15, -0.1) is 0 Å². The highest BCUT2D eigenvalue weighted by atomic mass is 16.5. The second-order valence-electron chi connectivity index (χ2n) is 11.2. The number of carbonyl (C=O) groups is 4. The third-order valence-electron chi connectivity index (χ3n) is 9.47. The maximum absolute atomic E-state index is 14.7. The third kappa shape index (κ3) is 3.47. The molecule has 0 spiro atoms. The number of imide groups is 1. The quantitative estimate of drug-likeness (QED) is 0.286. The molecule has 2 aromatic carbocycles. The minimum atomic E-state index is -1.39. The highest BCUT2D eigenvalue weighted by Gasteiger charge is 2.66. The minimum Gasteiger partial charge on any atom is -0.463 e. The third-order valence-corrected chi connectivity index (χ3v) is 9.47. The molecule has 1 saturated carbocycles. The van der Waals surface area contributed by atoms with Gasteiger partial charge in [-0.05, 0) is 48.1 Å². The first-order valence-electron chi connectivity index (χ1n) is 13.7. The van der Waals surface area contributed by atoms with E-state index < -0.39 is 46.8 Å². The number of aliphatic hydroxyl groups is 1. The Hall–Kier alpha value is -4.40. The second kappa shape index (κ2) is 9.33. The van der Waals surface area contributed by atoms with E-state index in [0.717, 1.165) is 5.57 Å². The van der Waals surface area contributed by atoms with Crippen molar-refractivity contribution < 1.29 is 33.9 Å². The molecule has 2 heterocycles. The van der Waals surface area contributed by atoms with Crippen LogP contribution in [0.3, 0.4) is 0 Å². The van der Waals surface area contributed by atoms with E-state index in [9.17, 15) is 29.5 Å². The van der Waals surface area contributed by atoms with Gasteiger partial charge in [-0.2, -0.15) is 5.06 Å². The molecule has 8 nitrogen and oxygen atoms in total. The van der Waals surface area contributed by atoms with Gasteiger partial charge in [0.15, 0.2) is 11.6 Å². The molecule has 0 unspecified atom stereocenters. The lowest BCUT2D eigenvalue weighted by Gasteiger charge is -2.54. The summed E-state index contributed by atoms with van der Waals surface area (Å²) in [6.07, 6.45) is 3.69. The summed E-state index contributed by atoms with van der Waals surface area (Å²) >= 11 is 0. The van der Waals surface area contributed by atoms with Gasteiger partial charge in [-0.1, -0.05) is 72.3 Å². The normalized spacial score (nSPS) is 30.9. The lowest BCUT2D eigenvalue weighted by molar-refractivity contribution is -0.173. The lowest BCUT2D eigenvalue weighted by Crippen LogP contribution is -2.58. The van der Waals surface area contributed by atoms with Crippen LogP contribution in [-0.2, 0) is 31.2 Å². The molecular formula is C33H27NO7. The van der Waals surface area contributed by atoms with E-state index >= 15 is 0 Å². The van der Waals surface area contributed by atoms with E-state index in [0.29, 0.717) is 28.2 Å². The molecule has 0 bridgehead atoms. The average molecular weight is 550 g/mol. The summed E-state index contributed by atoms with van der Waals surface area (Å²) in [6.45, 7) is -0.348. The minimum absolute atomic E-state index is 0.146. The van der Waals surface area contributed by atoms with Gasteiger partial charge in [0.1, 0.15) is 18.1 Å². The number of rotatable bonds is 4. The molecule has 8 heteroatoms. The number of benzene rings is 2. The number of nitrogens with zero attached hydrogens (tertiary/aromatic N) is 1. The van der Waals surface area contributed by atoms with Crippen molar-refractivity contribution in [2.45, 2.75) is 30.8 Å². The first-order chi connectivity index (χ1) is 19.9. The van der Waals surface area contributed by atoms with Gasteiger partial charge < -0.3 is 9.52 Å². The Labute approximate surface area is 235 Å². The summed E-state index contributed by atoms with van der Waals surface area (Å²) in [5.41, 5.74) is 0.929. The Balaban J connectivity index is 1.51. The van der Waals surface area contributed by atoms with Crippen molar-refractivity contribution in [3.05, 3.63) is 113 Å². The van der Waals surface area contributed by atoms with Crippen molar-refractivity contribution in [2.24, 2.45) is 23.7 Å². The molecule has 4 aliphatic rings.